The molecular weight excluding hydrogens is 342 g/mol. The standard InChI is InChI=1S/C17H25N3O4S/c1-8-13-12(9(2)18)16(22)20(13)14(17(23)24)15(8)25-11-4-6-19(7-5-11)10(3)21/h8-9,11-13H,4-7,18H2,1-3H3,(H,23,24)/t8-,9+,12-,13-/m1/s1. The Bertz CT molecular complexity index is 640. The number of nitrogens with two attached hydrogens (primary N) is 1. The minimum Gasteiger partial charge on any atom is -0.477 e. The van der Waals surface area contributed by atoms with Gasteiger partial charge in [-0.05, 0) is 19.8 Å². The fraction of sp³-hybridized carbons (Fsp3) is 0.706. The molecule has 0 unspecified atom stereocenters. The average molecular weight is 367 g/mol. The molecule has 2 amide bonds. The number of carboxylic acid groups (broad SMARTS) is 1. The molecule has 0 aromatic carbocycles. The second-order valence-corrected chi connectivity index (χ2v) is 8.56. The number of likely N-dealkylation sites (tertiary alicyclic amines) is 1. The first-order valence-corrected chi connectivity index (χ1v) is 9.60. The zero-order chi connectivity index (χ0) is 18.5. The maximum atomic E-state index is 12.4. The van der Waals surface area contributed by atoms with Crippen LogP contribution in [0.25, 0.3) is 0 Å². The maximum absolute atomic E-state index is 12.4. The lowest BCUT2D eigenvalue weighted by molar-refractivity contribution is -0.157. The van der Waals surface area contributed by atoms with Crippen LogP contribution < -0.4 is 5.73 Å². The first-order chi connectivity index (χ1) is 11.7. The smallest absolute Gasteiger partial charge is 0.353 e. The summed E-state index contributed by atoms with van der Waals surface area (Å²) in [6, 6.07) is -0.423. The Hall–Kier alpha value is -1.54. The van der Waals surface area contributed by atoms with Crippen LogP contribution in [0.5, 0.6) is 0 Å². The van der Waals surface area contributed by atoms with Gasteiger partial charge in [0, 0.05) is 42.1 Å². The van der Waals surface area contributed by atoms with Crippen molar-refractivity contribution in [3.63, 3.8) is 0 Å². The zero-order valence-corrected chi connectivity index (χ0v) is 15.6. The normalized spacial score (nSPS) is 31.0. The summed E-state index contributed by atoms with van der Waals surface area (Å²) < 4.78 is 0. The SMILES string of the molecule is CC(=O)N1CCC(SC2=C(C(=O)O)N3C(=O)[C@H]([C@H](C)N)[C@H]3[C@H]2C)CC1. The number of fused-ring (bicyclic) bond motifs is 1. The zero-order valence-electron chi connectivity index (χ0n) is 14.8. The molecule has 0 aromatic heterocycles. The fourth-order valence-corrected chi connectivity index (χ4v) is 5.65. The Balaban J connectivity index is 1.77. The number of carbonyl (C=O) groups excluding carboxylic acids is 2. The minimum absolute atomic E-state index is 0.0179. The summed E-state index contributed by atoms with van der Waals surface area (Å²) in [5.41, 5.74) is 6.08. The first-order valence-electron chi connectivity index (χ1n) is 8.72. The Morgan fingerprint density at radius 2 is 1.92 bits per heavy atom. The van der Waals surface area contributed by atoms with Crippen LogP contribution in [0.4, 0.5) is 0 Å². The van der Waals surface area contributed by atoms with E-state index in [0.717, 1.165) is 17.7 Å². The third-order valence-corrected chi connectivity index (χ3v) is 7.16. The fourth-order valence-electron chi connectivity index (χ4n) is 4.19. The van der Waals surface area contributed by atoms with Gasteiger partial charge in [0.2, 0.25) is 11.8 Å². The second kappa shape index (κ2) is 6.64. The molecule has 7 nitrogen and oxygen atoms in total. The molecule has 8 heteroatoms. The van der Waals surface area contributed by atoms with E-state index < -0.39 is 5.97 Å². The molecule has 2 saturated heterocycles. The number of thioether (sulfide) groups is 1. The van der Waals surface area contributed by atoms with Crippen molar-refractivity contribution < 1.29 is 19.5 Å². The molecule has 3 aliphatic rings. The number of aliphatic carboxylic acids is 1. The van der Waals surface area contributed by atoms with Crippen LogP contribution in [-0.2, 0) is 14.4 Å². The number of nitrogens with zero attached hydrogens (tertiary/aromatic N) is 2. The van der Waals surface area contributed by atoms with E-state index in [4.69, 9.17) is 5.73 Å². The number of rotatable bonds is 4. The monoisotopic (exact) mass is 367 g/mol. The average Bonchev–Trinajstić information content (AvgIpc) is 2.77. The predicted octanol–water partition coefficient (Wildman–Crippen LogP) is 0.851. The summed E-state index contributed by atoms with van der Waals surface area (Å²) in [6.45, 7) is 6.76. The Morgan fingerprint density at radius 3 is 2.40 bits per heavy atom. The molecule has 0 spiro atoms. The molecule has 0 aromatic rings. The minimum atomic E-state index is -1.05. The van der Waals surface area contributed by atoms with Gasteiger partial charge in [-0.15, -0.1) is 11.8 Å². The van der Waals surface area contributed by atoms with Gasteiger partial charge >= 0.3 is 5.97 Å². The van der Waals surface area contributed by atoms with Crippen LogP contribution >= 0.6 is 11.8 Å². The van der Waals surface area contributed by atoms with Gasteiger partial charge in [-0.1, -0.05) is 6.92 Å². The number of piperidine rings is 1. The lowest BCUT2D eigenvalue weighted by atomic mass is 9.78. The van der Waals surface area contributed by atoms with Crippen LogP contribution in [0.1, 0.15) is 33.6 Å². The highest BCUT2D eigenvalue weighted by molar-refractivity contribution is 8.03. The van der Waals surface area contributed by atoms with E-state index >= 15 is 0 Å². The van der Waals surface area contributed by atoms with Crippen LogP contribution in [-0.4, -0.2) is 63.1 Å². The molecule has 3 rings (SSSR count). The molecule has 0 bridgehead atoms. The summed E-state index contributed by atoms with van der Waals surface area (Å²) >= 11 is 1.58. The number of β-lactam (4-membered cyclic amide) rings is 1. The summed E-state index contributed by atoms with van der Waals surface area (Å²) in [5.74, 6) is -1.46. The number of carboxylic acids is 1. The van der Waals surface area contributed by atoms with Gasteiger partial charge in [0.25, 0.3) is 0 Å². The van der Waals surface area contributed by atoms with Crippen molar-refractivity contribution in [1.82, 2.24) is 9.80 Å². The van der Waals surface area contributed by atoms with E-state index in [0.29, 0.717) is 13.1 Å². The van der Waals surface area contributed by atoms with Gasteiger partial charge in [-0.3, -0.25) is 9.59 Å². The molecule has 25 heavy (non-hydrogen) atoms. The van der Waals surface area contributed by atoms with E-state index in [9.17, 15) is 19.5 Å². The molecule has 0 radical (unpaired) electrons. The van der Waals surface area contributed by atoms with Crippen molar-refractivity contribution in [2.24, 2.45) is 17.6 Å². The number of carbonyl (C=O) groups is 3. The molecule has 0 aliphatic carbocycles. The molecular formula is C17H25N3O4S. The number of amides is 2. The lowest BCUT2D eigenvalue weighted by Gasteiger charge is -2.46. The van der Waals surface area contributed by atoms with Crippen molar-refractivity contribution in [3.8, 4) is 0 Å². The van der Waals surface area contributed by atoms with Gasteiger partial charge < -0.3 is 20.6 Å². The highest BCUT2D eigenvalue weighted by Gasteiger charge is 2.59. The highest BCUT2D eigenvalue weighted by atomic mass is 32.2. The van der Waals surface area contributed by atoms with Crippen LogP contribution in [0.15, 0.2) is 10.6 Å². The van der Waals surface area contributed by atoms with E-state index in [-0.39, 0.29) is 46.7 Å². The lowest BCUT2D eigenvalue weighted by Crippen LogP contribution is -2.65. The molecule has 2 fully saturated rings. The van der Waals surface area contributed by atoms with E-state index in [1.165, 1.54) is 4.90 Å². The van der Waals surface area contributed by atoms with Gasteiger partial charge in [0.1, 0.15) is 5.70 Å². The van der Waals surface area contributed by atoms with Crippen LogP contribution in [0.3, 0.4) is 0 Å². The Morgan fingerprint density at radius 1 is 1.32 bits per heavy atom. The molecule has 3 N–H and O–H groups in total. The topological polar surface area (TPSA) is 104 Å². The summed E-state index contributed by atoms with van der Waals surface area (Å²) in [5, 5.41) is 9.93. The molecule has 3 heterocycles. The predicted molar refractivity (Wildman–Crippen MR) is 94.5 cm³/mol. The van der Waals surface area contributed by atoms with Gasteiger partial charge in [0.15, 0.2) is 0 Å². The summed E-state index contributed by atoms with van der Waals surface area (Å²) in [4.78, 5) is 39.7. The third kappa shape index (κ3) is 2.95. The second-order valence-electron chi connectivity index (χ2n) is 7.21. The van der Waals surface area contributed by atoms with Crippen molar-refractivity contribution >= 4 is 29.5 Å². The van der Waals surface area contributed by atoms with Crippen molar-refractivity contribution in [1.29, 1.82) is 0 Å². The highest BCUT2D eigenvalue weighted by Crippen LogP contribution is 2.51. The third-order valence-electron chi connectivity index (χ3n) is 5.54. The van der Waals surface area contributed by atoms with Crippen molar-refractivity contribution in [2.75, 3.05) is 13.1 Å². The number of hydrogen-bond acceptors (Lipinski definition) is 5. The van der Waals surface area contributed by atoms with E-state index in [2.05, 4.69) is 0 Å². The van der Waals surface area contributed by atoms with Crippen LogP contribution in [0.2, 0.25) is 0 Å². The Labute approximate surface area is 151 Å². The Kier molecular flexibility index (Phi) is 4.85. The van der Waals surface area contributed by atoms with Gasteiger partial charge in [-0.2, -0.15) is 0 Å². The molecule has 138 valence electrons. The van der Waals surface area contributed by atoms with Crippen molar-refractivity contribution in [2.45, 2.75) is 50.9 Å². The largest absolute Gasteiger partial charge is 0.477 e. The number of hydrogen-bond donors (Lipinski definition) is 2. The first kappa shape index (κ1) is 18.3. The molecule has 3 aliphatic heterocycles. The summed E-state index contributed by atoms with van der Waals surface area (Å²) in [6.07, 6.45) is 1.67. The van der Waals surface area contributed by atoms with Crippen LogP contribution in [0, 0.1) is 11.8 Å². The molecule has 0 saturated carbocycles. The molecule has 4 atom stereocenters. The van der Waals surface area contributed by atoms with E-state index in [1.807, 2.05) is 11.8 Å². The maximum Gasteiger partial charge on any atom is 0.353 e. The van der Waals surface area contributed by atoms with E-state index in [1.54, 1.807) is 25.6 Å². The van der Waals surface area contributed by atoms with Crippen molar-refractivity contribution in [3.05, 3.63) is 10.6 Å². The summed E-state index contributed by atoms with van der Waals surface area (Å²) in [7, 11) is 0. The van der Waals surface area contributed by atoms with Gasteiger partial charge in [-0.25, -0.2) is 4.79 Å². The van der Waals surface area contributed by atoms with Gasteiger partial charge in [0.05, 0.1) is 12.0 Å². The quantitative estimate of drug-likeness (QED) is 0.714.